The van der Waals surface area contributed by atoms with E-state index in [1.165, 1.54) is 128 Å². The second kappa shape index (κ2) is 15.4. The number of aryl methyl sites for hydroxylation is 1. The summed E-state index contributed by atoms with van der Waals surface area (Å²) in [6.07, 6.45) is 6.97. The van der Waals surface area contributed by atoms with E-state index in [1.54, 1.807) is 0 Å². The van der Waals surface area contributed by atoms with Gasteiger partial charge in [0.2, 0.25) is 0 Å². The Morgan fingerprint density at radius 1 is 0.447 bits per heavy atom. The van der Waals surface area contributed by atoms with Crippen LogP contribution in [0.4, 0.5) is 34.1 Å². The molecule has 0 amide bonds. The number of nitrogens with zero attached hydrogens (tertiary/aromatic N) is 2. The zero-order valence-electron chi connectivity index (χ0n) is 48.2. The summed E-state index contributed by atoms with van der Waals surface area (Å²) >= 11 is 0. The third kappa shape index (κ3) is 6.59. The normalized spacial score (nSPS) is 20.6. The van der Waals surface area contributed by atoms with Crippen molar-refractivity contribution in [3.05, 3.63) is 160 Å². The highest BCUT2D eigenvalue weighted by molar-refractivity contribution is 7.05. The molecule has 6 aliphatic rings. The second-order valence-electron chi connectivity index (χ2n) is 29.0. The van der Waals surface area contributed by atoms with E-state index in [2.05, 4.69) is 234 Å². The Hall–Kier alpha value is -6.04. The summed E-state index contributed by atoms with van der Waals surface area (Å²) in [6, 6.07) is 48.8. The number of hydrogen-bond acceptors (Lipinski definition) is 3. The summed E-state index contributed by atoms with van der Waals surface area (Å²) < 4.78 is 7.84. The summed E-state index contributed by atoms with van der Waals surface area (Å²) in [5.74, 6) is 0. The van der Waals surface area contributed by atoms with Gasteiger partial charge < -0.3 is 14.2 Å². The molecule has 1 aromatic heterocycles. The van der Waals surface area contributed by atoms with Crippen LogP contribution >= 0.6 is 0 Å². The van der Waals surface area contributed by atoms with Crippen LogP contribution in [0.15, 0.2) is 126 Å². The molecule has 76 heavy (non-hydrogen) atoms. The first kappa shape index (κ1) is 48.3. The highest BCUT2D eigenvalue weighted by Crippen LogP contribution is 2.56. The lowest BCUT2D eigenvalue weighted by atomic mass is 9.35. The second-order valence-corrected chi connectivity index (χ2v) is 33.3. The van der Waals surface area contributed by atoms with E-state index >= 15 is 0 Å². The lowest BCUT2D eigenvalue weighted by Crippen LogP contribution is -2.62. The molecular formula is C71H77BN2OSi. The van der Waals surface area contributed by atoms with E-state index in [-0.39, 0.29) is 39.2 Å². The lowest BCUT2D eigenvalue weighted by molar-refractivity contribution is 0.332. The maximum Gasteiger partial charge on any atom is 0.297 e. The molecule has 0 unspecified atom stereocenters. The third-order valence-electron chi connectivity index (χ3n) is 20.9. The highest BCUT2D eigenvalue weighted by atomic mass is 28.3. The third-order valence-corrected chi connectivity index (χ3v) is 24.4. The molecule has 3 nitrogen and oxygen atoms in total. The standard InChI is InChI=1S/C71H77BN2OSi/c1-42-33-58-63-59(34-42)74(56-39-53-51(68(6,7)29-31-70(53,10)11)36-46(56)43-21-17-16-18-22-43)57-38-47-45-23-19-20-24-61(45)76(14,15)62(47)41-55(57)72(63)65-64(48-37-52-54(40-60(48)75-65)71(12,13)32-30-69(52,8)9)73(58)44-25-26-49-50(35-44)67(4,5)28-27-66(49,2)3/h16-26,33-41H,27-32H2,1-15H3. The summed E-state index contributed by atoms with van der Waals surface area (Å²) in [6.45, 7) is 37.0. The molecule has 5 heteroatoms. The van der Waals surface area contributed by atoms with Gasteiger partial charge in [0, 0.05) is 33.7 Å². The molecule has 0 radical (unpaired) electrons. The highest BCUT2D eigenvalue weighted by Gasteiger charge is 2.51. The quantitative estimate of drug-likeness (QED) is 0.164. The van der Waals surface area contributed by atoms with E-state index in [4.69, 9.17) is 4.42 Å². The Morgan fingerprint density at radius 3 is 1.63 bits per heavy atom. The van der Waals surface area contributed by atoms with Crippen LogP contribution < -0.4 is 36.8 Å². The van der Waals surface area contributed by atoms with Crippen LogP contribution in [0.5, 0.6) is 0 Å². The fourth-order valence-corrected chi connectivity index (χ4v) is 18.8. The van der Waals surface area contributed by atoms with Gasteiger partial charge in [0.15, 0.2) is 0 Å². The number of anilines is 6. The Bertz CT molecular complexity index is 3840. The van der Waals surface area contributed by atoms with Gasteiger partial charge in [-0.3, -0.25) is 0 Å². The van der Waals surface area contributed by atoms with Gasteiger partial charge in [-0.15, -0.1) is 0 Å². The van der Waals surface area contributed by atoms with Crippen LogP contribution in [0, 0.1) is 6.92 Å². The summed E-state index contributed by atoms with van der Waals surface area (Å²) in [5, 5.41) is 4.28. The van der Waals surface area contributed by atoms with Crippen molar-refractivity contribution in [1.82, 2.24) is 0 Å². The van der Waals surface area contributed by atoms with Gasteiger partial charge >= 0.3 is 0 Å². The molecule has 0 bridgehead atoms. The van der Waals surface area contributed by atoms with Crippen molar-refractivity contribution in [3.8, 4) is 22.3 Å². The van der Waals surface area contributed by atoms with Crippen LogP contribution in [0.25, 0.3) is 33.2 Å². The fourth-order valence-electron chi connectivity index (χ4n) is 15.8. The van der Waals surface area contributed by atoms with Crippen molar-refractivity contribution in [2.75, 3.05) is 9.80 Å². The molecular weight excluding hydrogens is 936 g/mol. The minimum absolute atomic E-state index is 0.00552. The first-order valence-corrected chi connectivity index (χ1v) is 31.8. The van der Waals surface area contributed by atoms with Crippen molar-refractivity contribution in [3.63, 3.8) is 0 Å². The summed E-state index contributed by atoms with van der Waals surface area (Å²) in [7, 11) is -2.14. The number of rotatable bonds is 3. The zero-order valence-corrected chi connectivity index (χ0v) is 49.2. The van der Waals surface area contributed by atoms with Gasteiger partial charge in [-0.1, -0.05) is 163 Å². The van der Waals surface area contributed by atoms with Crippen molar-refractivity contribution >= 4 is 86.8 Å². The number of hydrogen-bond donors (Lipinski definition) is 0. The first-order chi connectivity index (χ1) is 35.8. The van der Waals surface area contributed by atoms with E-state index in [0.29, 0.717) is 0 Å². The molecule has 384 valence electrons. The molecule has 0 fully saturated rings. The Balaban J connectivity index is 1.14. The zero-order chi connectivity index (χ0) is 53.2. The topological polar surface area (TPSA) is 19.6 Å². The lowest BCUT2D eigenvalue weighted by Gasteiger charge is -2.46. The molecule has 8 aromatic rings. The molecule has 0 saturated carbocycles. The average Bonchev–Trinajstić information content (AvgIpc) is 3.86. The monoisotopic (exact) mass is 1010 g/mol. The van der Waals surface area contributed by atoms with Gasteiger partial charge in [-0.05, 0) is 209 Å². The fraction of sp³-hybridized carbons (Fsp3) is 0.380. The van der Waals surface area contributed by atoms with Gasteiger partial charge in [0.05, 0.1) is 17.0 Å². The van der Waals surface area contributed by atoms with Crippen molar-refractivity contribution in [2.45, 2.75) is 174 Å². The van der Waals surface area contributed by atoms with Crippen molar-refractivity contribution in [2.24, 2.45) is 0 Å². The average molecular weight is 1010 g/mol. The first-order valence-electron chi connectivity index (χ1n) is 28.8. The smallest absolute Gasteiger partial charge is 0.297 e. The molecule has 7 aromatic carbocycles. The molecule has 0 saturated heterocycles. The summed E-state index contributed by atoms with van der Waals surface area (Å²) in [4.78, 5) is 5.41. The molecule has 3 aliphatic carbocycles. The molecule has 0 spiro atoms. The van der Waals surface area contributed by atoms with Gasteiger partial charge in [-0.25, -0.2) is 0 Å². The summed E-state index contributed by atoms with van der Waals surface area (Å²) in [5.41, 5.74) is 27.8. The van der Waals surface area contributed by atoms with Crippen LogP contribution in [0.3, 0.4) is 0 Å². The number of fused-ring (bicyclic) bond motifs is 12. The number of furan rings is 1. The predicted molar refractivity (Wildman–Crippen MR) is 328 cm³/mol. The Kier molecular flexibility index (Phi) is 9.78. The molecule has 14 rings (SSSR count). The van der Waals surface area contributed by atoms with Gasteiger partial charge in [0.1, 0.15) is 13.7 Å². The van der Waals surface area contributed by atoms with Crippen LogP contribution in [-0.2, 0) is 32.5 Å². The van der Waals surface area contributed by atoms with Crippen LogP contribution in [0.1, 0.15) is 161 Å². The molecule has 0 atom stereocenters. The van der Waals surface area contributed by atoms with Crippen molar-refractivity contribution < 1.29 is 4.42 Å². The molecule has 0 N–H and O–H groups in total. The molecule has 3 aliphatic heterocycles. The van der Waals surface area contributed by atoms with Gasteiger partial charge in [0.25, 0.3) is 6.71 Å². The van der Waals surface area contributed by atoms with E-state index < -0.39 is 8.07 Å². The maximum absolute atomic E-state index is 7.84. The van der Waals surface area contributed by atoms with Crippen molar-refractivity contribution in [1.29, 1.82) is 0 Å². The SMILES string of the molecule is Cc1cc2c3c(c1)N(c1ccc4c(c1)C(C)(C)CCC4(C)C)c1c(oc4cc5c(cc14)C(C)(C)CCC5(C)C)B3c1cc3c(cc1N2c1cc2c(cc1-c1ccccc1)C(C)(C)CCC2(C)C)-c1ccccc1[Si]3(C)C. The number of benzene rings is 7. The van der Waals surface area contributed by atoms with E-state index in [9.17, 15) is 0 Å². The minimum atomic E-state index is -2.14. The van der Waals surface area contributed by atoms with Crippen LogP contribution in [-0.4, -0.2) is 14.8 Å². The van der Waals surface area contributed by atoms with Gasteiger partial charge in [-0.2, -0.15) is 0 Å². The maximum atomic E-state index is 7.84. The Labute approximate surface area is 455 Å². The Morgan fingerprint density at radius 2 is 0.987 bits per heavy atom. The van der Waals surface area contributed by atoms with E-state index in [1.807, 2.05) is 0 Å². The molecule has 4 heterocycles. The minimum Gasteiger partial charge on any atom is -0.468 e. The van der Waals surface area contributed by atoms with E-state index in [0.717, 1.165) is 43.3 Å². The van der Waals surface area contributed by atoms with Crippen LogP contribution in [0.2, 0.25) is 13.1 Å². The largest absolute Gasteiger partial charge is 0.468 e. The predicted octanol–water partition coefficient (Wildman–Crippen LogP) is 16.3.